The van der Waals surface area contributed by atoms with Crippen molar-refractivity contribution in [3.05, 3.63) is 34.4 Å². The molecule has 1 rings (SSSR count). The van der Waals surface area contributed by atoms with Gasteiger partial charge in [-0.2, -0.15) is 0 Å². The Morgan fingerprint density at radius 1 is 0.781 bits per heavy atom. The smallest absolute Gasteiger partial charge is 0.337 e. The van der Waals surface area contributed by atoms with Gasteiger partial charge in [0.1, 0.15) is 0 Å². The lowest BCUT2D eigenvalue weighted by Crippen LogP contribution is -2.40. The van der Waals surface area contributed by atoms with Crippen molar-refractivity contribution in [1.82, 2.24) is 0 Å². The molecule has 0 aromatic heterocycles. The molecule has 0 radical (unpaired) electrons. The van der Waals surface area contributed by atoms with Gasteiger partial charge in [0, 0.05) is 24.3 Å². The number of carboxylic acids is 2. The molecule has 0 amide bonds. The molecule has 1 aromatic rings. The molecule has 0 aliphatic heterocycles. The highest BCUT2D eigenvalue weighted by atomic mass is 16.7. The molecule has 2 N–H and O–H groups in total. The summed E-state index contributed by atoms with van der Waals surface area (Å²) >= 11 is 0. The zero-order valence-corrected chi connectivity index (χ0v) is 20.2. The van der Waals surface area contributed by atoms with Crippen LogP contribution < -0.4 is 0 Å². The van der Waals surface area contributed by atoms with Crippen LogP contribution in [0.5, 0.6) is 0 Å². The first-order valence-electron chi connectivity index (χ1n) is 11.3. The topological polar surface area (TPSA) is 112 Å². The molecular weight excluding hydrogens is 416 g/mol. The van der Waals surface area contributed by atoms with Gasteiger partial charge in [-0.3, -0.25) is 0 Å². The Hall–Kier alpha value is -2.00. The molecule has 8 nitrogen and oxygen atoms in total. The summed E-state index contributed by atoms with van der Waals surface area (Å²) in [5.74, 6) is -5.60. The molecule has 1 aromatic carbocycles. The summed E-state index contributed by atoms with van der Waals surface area (Å²) < 4.78 is 24.1. The molecule has 0 saturated carbocycles. The Morgan fingerprint density at radius 2 is 1.28 bits per heavy atom. The lowest BCUT2D eigenvalue weighted by atomic mass is 9.87. The van der Waals surface area contributed by atoms with E-state index in [1.54, 1.807) is 20.8 Å². The lowest BCUT2D eigenvalue weighted by molar-refractivity contribution is -0.250. The van der Waals surface area contributed by atoms with E-state index in [4.69, 9.17) is 18.9 Å². The van der Waals surface area contributed by atoms with Crippen molar-refractivity contribution in [3.63, 3.8) is 0 Å². The fraction of sp³-hybridized carbons (Fsp3) is 0.667. The van der Waals surface area contributed by atoms with Crippen molar-refractivity contribution in [2.24, 2.45) is 0 Å². The summed E-state index contributed by atoms with van der Waals surface area (Å²) in [7, 11) is 0. The number of carbonyl (C=O) groups is 2. The number of hydrogen-bond donors (Lipinski definition) is 2. The van der Waals surface area contributed by atoms with E-state index in [9.17, 15) is 19.8 Å². The quantitative estimate of drug-likeness (QED) is 0.261. The van der Waals surface area contributed by atoms with Crippen LogP contribution in [0.15, 0.2) is 12.1 Å². The Labute approximate surface area is 190 Å². The van der Waals surface area contributed by atoms with E-state index in [0.717, 1.165) is 25.7 Å². The van der Waals surface area contributed by atoms with Crippen molar-refractivity contribution in [3.8, 4) is 0 Å². The van der Waals surface area contributed by atoms with Gasteiger partial charge >= 0.3 is 11.9 Å². The number of benzene rings is 1. The van der Waals surface area contributed by atoms with Gasteiger partial charge in [-0.1, -0.05) is 32.8 Å². The molecule has 0 bridgehead atoms. The molecule has 8 heteroatoms. The van der Waals surface area contributed by atoms with E-state index in [-0.39, 0.29) is 17.7 Å². The van der Waals surface area contributed by atoms with Gasteiger partial charge in [0.15, 0.2) is 11.6 Å². The van der Waals surface area contributed by atoms with E-state index in [1.165, 1.54) is 12.1 Å². The molecule has 182 valence electrons. The van der Waals surface area contributed by atoms with Crippen LogP contribution in [0.1, 0.15) is 99.1 Å². The summed E-state index contributed by atoms with van der Waals surface area (Å²) in [5.41, 5.74) is -0.290. The highest BCUT2D eigenvalue weighted by Crippen LogP contribution is 2.41. The first-order chi connectivity index (χ1) is 15.1. The van der Waals surface area contributed by atoms with E-state index < -0.39 is 29.1 Å². The molecule has 0 aliphatic carbocycles. The third-order valence-corrected chi connectivity index (χ3v) is 5.18. The van der Waals surface area contributed by atoms with Crippen LogP contribution in [0.2, 0.25) is 0 Å². The summed E-state index contributed by atoms with van der Waals surface area (Å²) in [5, 5.41) is 19.8. The third-order valence-electron chi connectivity index (χ3n) is 5.18. The second-order valence-corrected chi connectivity index (χ2v) is 7.68. The Balaban J connectivity index is 3.91. The maximum Gasteiger partial charge on any atom is 0.337 e. The fourth-order valence-electron chi connectivity index (χ4n) is 3.61. The minimum Gasteiger partial charge on any atom is -0.478 e. The van der Waals surface area contributed by atoms with Crippen molar-refractivity contribution in [2.75, 3.05) is 26.4 Å². The van der Waals surface area contributed by atoms with Crippen molar-refractivity contribution in [1.29, 1.82) is 0 Å². The zero-order valence-electron chi connectivity index (χ0n) is 20.2. The molecule has 2 unspecified atom stereocenters. The molecule has 0 saturated heterocycles. The Bertz CT molecular complexity index is 763. The van der Waals surface area contributed by atoms with Gasteiger partial charge in [-0.15, -0.1) is 0 Å². The number of hydrogen-bond acceptors (Lipinski definition) is 6. The van der Waals surface area contributed by atoms with Gasteiger partial charge in [0.25, 0.3) is 0 Å². The number of aromatic carboxylic acids is 2. The first-order valence-corrected chi connectivity index (χ1v) is 11.3. The van der Waals surface area contributed by atoms with Crippen LogP contribution >= 0.6 is 0 Å². The van der Waals surface area contributed by atoms with Gasteiger partial charge in [-0.05, 0) is 46.6 Å². The second kappa shape index (κ2) is 12.9. The summed E-state index contributed by atoms with van der Waals surface area (Å²) in [4.78, 5) is 24.3. The Kier molecular flexibility index (Phi) is 11.3. The van der Waals surface area contributed by atoms with Crippen molar-refractivity contribution < 1.29 is 38.7 Å². The van der Waals surface area contributed by atoms with E-state index in [0.29, 0.717) is 25.4 Å². The summed E-state index contributed by atoms with van der Waals surface area (Å²) in [6.07, 6.45) is 3.29. The minimum absolute atomic E-state index is 0.0929. The largest absolute Gasteiger partial charge is 0.478 e. The van der Waals surface area contributed by atoms with Crippen LogP contribution in [-0.2, 0) is 30.5 Å². The van der Waals surface area contributed by atoms with Crippen LogP contribution in [0.4, 0.5) is 0 Å². The number of rotatable bonds is 16. The predicted molar refractivity (Wildman–Crippen MR) is 120 cm³/mol. The molecule has 0 spiro atoms. The van der Waals surface area contributed by atoms with Gasteiger partial charge in [0.05, 0.1) is 24.3 Å². The SMILES string of the molecule is CCCCOC(C)(OCC)c1ccc(C(=O)O)c(C(=O)O)c1C(C)(OCC)OCCCC. The molecule has 0 aliphatic rings. The first kappa shape index (κ1) is 28.0. The van der Waals surface area contributed by atoms with E-state index in [2.05, 4.69) is 0 Å². The second-order valence-electron chi connectivity index (χ2n) is 7.68. The third kappa shape index (κ3) is 6.75. The average molecular weight is 455 g/mol. The summed E-state index contributed by atoms with van der Waals surface area (Å²) in [6.45, 7) is 12.2. The molecule has 0 heterocycles. The van der Waals surface area contributed by atoms with Crippen LogP contribution in [0, 0.1) is 0 Å². The monoisotopic (exact) mass is 454 g/mol. The highest BCUT2D eigenvalue weighted by molar-refractivity contribution is 6.03. The van der Waals surface area contributed by atoms with E-state index in [1.807, 2.05) is 20.8 Å². The average Bonchev–Trinajstić information content (AvgIpc) is 2.73. The van der Waals surface area contributed by atoms with Crippen molar-refractivity contribution in [2.45, 2.75) is 78.8 Å². The molecular formula is C24H38O8. The van der Waals surface area contributed by atoms with Crippen LogP contribution in [0.3, 0.4) is 0 Å². The molecule has 2 atom stereocenters. The summed E-state index contributed by atoms with van der Waals surface area (Å²) in [6, 6.07) is 2.80. The maximum absolute atomic E-state index is 12.4. The maximum atomic E-state index is 12.4. The van der Waals surface area contributed by atoms with Gasteiger partial charge < -0.3 is 29.2 Å². The van der Waals surface area contributed by atoms with Gasteiger partial charge in [-0.25, -0.2) is 9.59 Å². The van der Waals surface area contributed by atoms with Crippen molar-refractivity contribution >= 4 is 11.9 Å². The van der Waals surface area contributed by atoms with E-state index >= 15 is 0 Å². The number of ether oxygens (including phenoxy) is 4. The van der Waals surface area contributed by atoms with Crippen LogP contribution in [-0.4, -0.2) is 48.6 Å². The molecule has 32 heavy (non-hydrogen) atoms. The highest BCUT2D eigenvalue weighted by Gasteiger charge is 2.43. The Morgan fingerprint density at radius 3 is 1.72 bits per heavy atom. The number of carboxylic acid groups (broad SMARTS) is 2. The minimum atomic E-state index is -1.52. The predicted octanol–water partition coefficient (Wildman–Crippen LogP) is 5.13. The fourth-order valence-corrected chi connectivity index (χ4v) is 3.61. The normalized spacial score (nSPS) is 15.2. The molecule has 0 fully saturated rings. The zero-order chi connectivity index (χ0) is 24.4. The lowest BCUT2D eigenvalue weighted by Gasteiger charge is -2.38. The number of unbranched alkanes of at least 4 members (excludes halogenated alkanes) is 2. The standard InChI is InChI=1S/C24H38O8/c1-7-11-15-31-23(5,29-9-3)18-14-13-17(21(25)26)19(22(27)28)20(18)24(6,30-10-4)32-16-12-8-2/h13-14H,7-12,15-16H2,1-6H3,(H,25,26)(H,27,28). The van der Waals surface area contributed by atoms with Gasteiger partial charge in [0.2, 0.25) is 0 Å². The van der Waals surface area contributed by atoms with Crippen LogP contribution in [0.25, 0.3) is 0 Å².